The van der Waals surface area contributed by atoms with Gasteiger partial charge >= 0.3 is 0 Å². The van der Waals surface area contributed by atoms with E-state index in [0.29, 0.717) is 11.4 Å². The SMILES string of the molecule is CC(C)(C(=O)Nc1ccccc1-c1ccccc1)n1nc(-c2cccs2)ccc1=O. The second-order valence-corrected chi connectivity index (χ2v) is 8.32. The molecule has 0 aliphatic carbocycles. The highest BCUT2D eigenvalue weighted by molar-refractivity contribution is 7.13. The lowest BCUT2D eigenvalue weighted by Gasteiger charge is -2.26. The molecule has 0 saturated heterocycles. The molecule has 4 rings (SSSR count). The fourth-order valence-corrected chi connectivity index (χ4v) is 3.89. The van der Waals surface area contributed by atoms with E-state index in [9.17, 15) is 9.59 Å². The van der Waals surface area contributed by atoms with Gasteiger partial charge in [0.25, 0.3) is 11.5 Å². The lowest BCUT2D eigenvalue weighted by atomic mass is 10.0. The van der Waals surface area contributed by atoms with E-state index in [1.165, 1.54) is 22.1 Å². The first-order chi connectivity index (χ1) is 14.5. The number of amides is 1. The number of hydrogen-bond acceptors (Lipinski definition) is 4. The average Bonchev–Trinajstić information content (AvgIpc) is 3.30. The molecule has 2 aromatic carbocycles. The van der Waals surface area contributed by atoms with E-state index in [0.717, 1.165) is 16.0 Å². The third kappa shape index (κ3) is 3.82. The number of carbonyl (C=O) groups is 1. The number of anilines is 1. The van der Waals surface area contributed by atoms with Gasteiger partial charge in [-0.25, -0.2) is 4.68 Å². The zero-order chi connectivity index (χ0) is 21.1. The van der Waals surface area contributed by atoms with Crippen molar-refractivity contribution in [2.75, 3.05) is 5.32 Å². The van der Waals surface area contributed by atoms with E-state index in [2.05, 4.69) is 10.4 Å². The number of hydrogen-bond donors (Lipinski definition) is 1. The minimum Gasteiger partial charge on any atom is -0.323 e. The van der Waals surface area contributed by atoms with E-state index >= 15 is 0 Å². The Labute approximate surface area is 178 Å². The number of carbonyl (C=O) groups excluding carboxylic acids is 1. The molecule has 2 aromatic heterocycles. The first-order valence-electron chi connectivity index (χ1n) is 9.57. The van der Waals surface area contributed by atoms with Crippen LogP contribution in [0.3, 0.4) is 0 Å². The van der Waals surface area contributed by atoms with Crippen LogP contribution >= 0.6 is 11.3 Å². The first kappa shape index (κ1) is 19.8. The Morgan fingerprint density at radius 3 is 2.40 bits per heavy atom. The first-order valence-corrected chi connectivity index (χ1v) is 10.5. The van der Waals surface area contributed by atoms with Gasteiger partial charge in [-0.2, -0.15) is 5.10 Å². The monoisotopic (exact) mass is 415 g/mol. The Morgan fingerprint density at radius 1 is 0.933 bits per heavy atom. The molecular formula is C24H21N3O2S. The number of para-hydroxylation sites is 1. The van der Waals surface area contributed by atoms with Crippen molar-refractivity contribution in [2.45, 2.75) is 19.4 Å². The van der Waals surface area contributed by atoms with Crippen LogP contribution < -0.4 is 10.9 Å². The average molecular weight is 416 g/mol. The van der Waals surface area contributed by atoms with Gasteiger partial charge in [-0.05, 0) is 43.0 Å². The van der Waals surface area contributed by atoms with Crippen LogP contribution in [0.25, 0.3) is 21.7 Å². The van der Waals surface area contributed by atoms with Crippen LogP contribution in [0, 0.1) is 0 Å². The summed E-state index contributed by atoms with van der Waals surface area (Å²) in [6.07, 6.45) is 0. The van der Waals surface area contributed by atoms with Gasteiger partial charge in [-0.1, -0.05) is 54.6 Å². The summed E-state index contributed by atoms with van der Waals surface area (Å²) in [6.45, 7) is 3.39. The predicted octanol–water partition coefficient (Wildman–Crippen LogP) is 5.01. The van der Waals surface area contributed by atoms with Crippen LogP contribution in [0.15, 0.2) is 89.0 Å². The Balaban J connectivity index is 1.68. The highest BCUT2D eigenvalue weighted by atomic mass is 32.1. The van der Waals surface area contributed by atoms with E-state index in [-0.39, 0.29) is 11.5 Å². The van der Waals surface area contributed by atoms with Gasteiger partial charge in [0.05, 0.1) is 4.88 Å². The molecule has 0 radical (unpaired) electrons. The minimum absolute atomic E-state index is 0.316. The van der Waals surface area contributed by atoms with Crippen molar-refractivity contribution in [2.24, 2.45) is 0 Å². The summed E-state index contributed by atoms with van der Waals surface area (Å²) < 4.78 is 1.25. The van der Waals surface area contributed by atoms with Crippen LogP contribution in [0.5, 0.6) is 0 Å². The molecule has 150 valence electrons. The maximum Gasteiger partial charge on any atom is 0.267 e. The fraction of sp³-hybridized carbons (Fsp3) is 0.125. The van der Waals surface area contributed by atoms with Crippen molar-refractivity contribution >= 4 is 22.9 Å². The molecule has 5 nitrogen and oxygen atoms in total. The molecular weight excluding hydrogens is 394 g/mol. The number of thiophene rings is 1. The molecule has 0 atom stereocenters. The second kappa shape index (κ2) is 8.08. The molecule has 0 fully saturated rings. The third-order valence-electron chi connectivity index (χ3n) is 4.92. The number of nitrogens with one attached hydrogen (secondary N) is 1. The van der Waals surface area contributed by atoms with Crippen molar-refractivity contribution in [3.05, 3.63) is 94.6 Å². The Hall–Kier alpha value is -3.51. The van der Waals surface area contributed by atoms with Gasteiger partial charge in [-0.3, -0.25) is 9.59 Å². The molecule has 0 aliphatic heterocycles. The van der Waals surface area contributed by atoms with Crippen LogP contribution in [0.2, 0.25) is 0 Å². The number of benzene rings is 2. The topological polar surface area (TPSA) is 64.0 Å². The molecule has 0 spiro atoms. The van der Waals surface area contributed by atoms with Crippen molar-refractivity contribution in [1.82, 2.24) is 9.78 Å². The standard InChI is InChI=1S/C24H21N3O2S/c1-24(2,27-22(28)15-14-20(26-27)21-13-8-16-30-21)23(29)25-19-12-7-6-11-18(19)17-9-4-3-5-10-17/h3-16H,1-2H3,(H,25,29). The molecule has 0 unspecified atom stereocenters. The maximum atomic E-state index is 13.3. The summed E-state index contributed by atoms with van der Waals surface area (Å²) in [7, 11) is 0. The van der Waals surface area contributed by atoms with Gasteiger partial charge in [-0.15, -0.1) is 11.3 Å². The van der Waals surface area contributed by atoms with Crippen LogP contribution in [-0.2, 0) is 10.3 Å². The van der Waals surface area contributed by atoms with E-state index in [1.54, 1.807) is 19.9 Å². The summed E-state index contributed by atoms with van der Waals surface area (Å²) in [5.41, 5.74) is 1.75. The molecule has 2 heterocycles. The molecule has 6 heteroatoms. The van der Waals surface area contributed by atoms with E-state index in [4.69, 9.17) is 0 Å². The Kier molecular flexibility index (Phi) is 5.33. The highest BCUT2D eigenvalue weighted by Gasteiger charge is 2.32. The Morgan fingerprint density at radius 2 is 1.67 bits per heavy atom. The van der Waals surface area contributed by atoms with Gasteiger partial charge in [0.2, 0.25) is 0 Å². The minimum atomic E-state index is -1.19. The molecule has 4 aromatic rings. The summed E-state index contributed by atoms with van der Waals surface area (Å²) in [5.74, 6) is -0.316. The molecule has 0 bridgehead atoms. The molecule has 0 saturated carbocycles. The lowest BCUT2D eigenvalue weighted by Crippen LogP contribution is -2.47. The number of aromatic nitrogens is 2. The van der Waals surface area contributed by atoms with Gasteiger partial charge in [0.1, 0.15) is 11.2 Å². The summed E-state index contributed by atoms with van der Waals surface area (Å²) >= 11 is 1.53. The molecule has 1 N–H and O–H groups in total. The summed E-state index contributed by atoms with van der Waals surface area (Å²) in [6, 6.07) is 24.5. The number of nitrogens with zero attached hydrogens (tertiary/aromatic N) is 2. The van der Waals surface area contributed by atoms with Gasteiger partial charge < -0.3 is 5.32 Å². The molecule has 1 amide bonds. The van der Waals surface area contributed by atoms with Crippen LogP contribution in [-0.4, -0.2) is 15.7 Å². The largest absolute Gasteiger partial charge is 0.323 e. The van der Waals surface area contributed by atoms with Crippen molar-refractivity contribution in [3.63, 3.8) is 0 Å². The van der Waals surface area contributed by atoms with Gasteiger partial charge in [0.15, 0.2) is 0 Å². The highest BCUT2D eigenvalue weighted by Crippen LogP contribution is 2.29. The van der Waals surface area contributed by atoms with E-state index in [1.807, 2.05) is 72.1 Å². The smallest absolute Gasteiger partial charge is 0.267 e. The Bertz CT molecular complexity index is 1230. The summed E-state index contributed by atoms with van der Waals surface area (Å²) in [5, 5.41) is 9.43. The predicted molar refractivity (Wildman–Crippen MR) is 122 cm³/mol. The van der Waals surface area contributed by atoms with Crippen molar-refractivity contribution in [1.29, 1.82) is 0 Å². The van der Waals surface area contributed by atoms with Crippen LogP contribution in [0.4, 0.5) is 5.69 Å². The van der Waals surface area contributed by atoms with Gasteiger partial charge in [0, 0.05) is 17.3 Å². The fourth-order valence-electron chi connectivity index (χ4n) is 3.20. The summed E-state index contributed by atoms with van der Waals surface area (Å²) in [4.78, 5) is 26.8. The molecule has 0 aliphatic rings. The van der Waals surface area contributed by atoms with E-state index < -0.39 is 5.54 Å². The van der Waals surface area contributed by atoms with Crippen molar-refractivity contribution < 1.29 is 4.79 Å². The van der Waals surface area contributed by atoms with Crippen LogP contribution in [0.1, 0.15) is 13.8 Å². The maximum absolute atomic E-state index is 13.3. The van der Waals surface area contributed by atoms with Crippen molar-refractivity contribution in [3.8, 4) is 21.7 Å². The number of rotatable bonds is 5. The third-order valence-corrected chi connectivity index (χ3v) is 5.81. The normalized spacial score (nSPS) is 11.3. The zero-order valence-corrected chi connectivity index (χ0v) is 17.5. The quantitative estimate of drug-likeness (QED) is 0.498. The second-order valence-electron chi connectivity index (χ2n) is 7.37. The molecule has 30 heavy (non-hydrogen) atoms. The lowest BCUT2D eigenvalue weighted by molar-refractivity contribution is -0.123. The zero-order valence-electron chi connectivity index (χ0n) is 16.7.